The Labute approximate surface area is 122 Å². The third-order valence-electron chi connectivity index (χ3n) is 3.58. The molecular formula is C14H16ClN5. The molecule has 2 N–H and O–H groups in total. The zero-order valence-electron chi connectivity index (χ0n) is 11.6. The minimum atomic E-state index is 0.0356. The second kappa shape index (κ2) is 4.52. The highest BCUT2D eigenvalue weighted by atomic mass is 35.5. The molecule has 3 rings (SSSR count). The molecule has 0 saturated carbocycles. The summed E-state index contributed by atoms with van der Waals surface area (Å²) >= 11 is 6.07. The molecular weight excluding hydrogens is 274 g/mol. The molecule has 0 aliphatic carbocycles. The number of nitrogens with two attached hydrogens (primary N) is 1. The molecule has 2 heterocycles. The zero-order chi connectivity index (χ0) is 14.4. The number of fused-ring (bicyclic) bond motifs is 1. The maximum absolute atomic E-state index is 6.09. The van der Waals surface area contributed by atoms with Crippen molar-refractivity contribution in [2.24, 2.45) is 7.05 Å². The highest BCUT2D eigenvalue weighted by Gasteiger charge is 2.20. The molecule has 0 fully saturated rings. The molecule has 2 aromatic heterocycles. The van der Waals surface area contributed by atoms with Crippen LogP contribution in [0.15, 0.2) is 24.3 Å². The maximum atomic E-state index is 6.09. The van der Waals surface area contributed by atoms with Crippen molar-refractivity contribution >= 4 is 28.7 Å². The maximum Gasteiger partial charge on any atom is 0.203 e. The Kier molecular flexibility index (Phi) is 2.94. The summed E-state index contributed by atoms with van der Waals surface area (Å²) in [7, 11) is 1.90. The number of nitrogens with zero attached hydrogens (tertiary/aromatic N) is 4. The smallest absolute Gasteiger partial charge is 0.203 e. The van der Waals surface area contributed by atoms with Crippen LogP contribution in [0.2, 0.25) is 5.02 Å². The van der Waals surface area contributed by atoms with Gasteiger partial charge in [-0.3, -0.25) is 9.25 Å². The fraction of sp³-hybridized carbons (Fsp3) is 0.286. The number of anilines is 1. The minimum Gasteiger partial charge on any atom is -0.369 e. The lowest BCUT2D eigenvalue weighted by Crippen LogP contribution is -2.12. The van der Waals surface area contributed by atoms with Gasteiger partial charge in [0.1, 0.15) is 5.52 Å². The van der Waals surface area contributed by atoms with E-state index in [4.69, 9.17) is 17.3 Å². The van der Waals surface area contributed by atoms with Crippen molar-refractivity contribution in [1.82, 2.24) is 19.3 Å². The summed E-state index contributed by atoms with van der Waals surface area (Å²) in [6, 6.07) is 7.81. The van der Waals surface area contributed by atoms with E-state index in [-0.39, 0.29) is 6.04 Å². The SMILES string of the molecule is Cc1nn(C)c2c1nc(N)n2C(C)c1cccc(Cl)c1. The Morgan fingerprint density at radius 2 is 2.10 bits per heavy atom. The van der Waals surface area contributed by atoms with Crippen molar-refractivity contribution in [3.63, 3.8) is 0 Å². The standard InChI is InChI=1S/C14H16ClN5/c1-8-12-13(19(3)18-8)20(14(16)17-12)9(2)10-5-4-6-11(15)7-10/h4-7,9H,1-3H3,(H2,16,17). The van der Waals surface area contributed by atoms with Crippen LogP contribution in [0.3, 0.4) is 0 Å². The Balaban J connectivity index is 2.21. The van der Waals surface area contributed by atoms with Crippen LogP contribution in [0.1, 0.15) is 24.2 Å². The van der Waals surface area contributed by atoms with Gasteiger partial charge in [-0.15, -0.1) is 0 Å². The van der Waals surface area contributed by atoms with E-state index in [1.165, 1.54) is 0 Å². The Hall–Kier alpha value is -2.01. The molecule has 1 atom stereocenters. The largest absolute Gasteiger partial charge is 0.369 e. The van der Waals surface area contributed by atoms with Gasteiger partial charge in [-0.25, -0.2) is 4.98 Å². The van der Waals surface area contributed by atoms with Crippen LogP contribution in [-0.2, 0) is 7.05 Å². The van der Waals surface area contributed by atoms with Gasteiger partial charge in [0.2, 0.25) is 5.95 Å². The van der Waals surface area contributed by atoms with Gasteiger partial charge in [-0.2, -0.15) is 5.10 Å². The van der Waals surface area contributed by atoms with Gasteiger partial charge in [-0.1, -0.05) is 23.7 Å². The molecule has 104 valence electrons. The number of aryl methyl sites for hydroxylation is 2. The summed E-state index contributed by atoms with van der Waals surface area (Å²) in [5, 5.41) is 5.11. The normalized spacial score (nSPS) is 13.0. The molecule has 3 aromatic rings. The molecule has 0 spiro atoms. The third kappa shape index (κ3) is 1.86. The van der Waals surface area contributed by atoms with Crippen molar-refractivity contribution < 1.29 is 0 Å². The van der Waals surface area contributed by atoms with E-state index in [2.05, 4.69) is 17.0 Å². The van der Waals surface area contributed by atoms with Crippen molar-refractivity contribution in [3.05, 3.63) is 40.5 Å². The topological polar surface area (TPSA) is 61.7 Å². The van der Waals surface area contributed by atoms with E-state index in [1.54, 1.807) is 0 Å². The van der Waals surface area contributed by atoms with Crippen molar-refractivity contribution in [2.75, 3.05) is 5.73 Å². The summed E-state index contributed by atoms with van der Waals surface area (Å²) < 4.78 is 3.80. The summed E-state index contributed by atoms with van der Waals surface area (Å²) in [4.78, 5) is 4.43. The lowest BCUT2D eigenvalue weighted by molar-refractivity contribution is 0.636. The van der Waals surface area contributed by atoms with Crippen LogP contribution in [0.5, 0.6) is 0 Å². The van der Waals surface area contributed by atoms with Gasteiger partial charge in [-0.05, 0) is 31.5 Å². The van der Waals surface area contributed by atoms with Crippen molar-refractivity contribution in [1.29, 1.82) is 0 Å². The van der Waals surface area contributed by atoms with Gasteiger partial charge >= 0.3 is 0 Å². The minimum absolute atomic E-state index is 0.0356. The monoisotopic (exact) mass is 289 g/mol. The van der Waals surface area contributed by atoms with E-state index >= 15 is 0 Å². The first-order valence-corrected chi connectivity index (χ1v) is 6.79. The first kappa shape index (κ1) is 13.0. The molecule has 0 radical (unpaired) electrons. The molecule has 6 heteroatoms. The second-order valence-electron chi connectivity index (χ2n) is 4.95. The fourth-order valence-corrected chi connectivity index (χ4v) is 2.81. The quantitative estimate of drug-likeness (QED) is 0.789. The molecule has 0 aliphatic heterocycles. The number of benzene rings is 1. The van der Waals surface area contributed by atoms with E-state index < -0.39 is 0 Å². The van der Waals surface area contributed by atoms with E-state index in [0.717, 1.165) is 22.4 Å². The highest BCUT2D eigenvalue weighted by Crippen LogP contribution is 2.29. The number of nitrogen functional groups attached to an aromatic ring is 1. The highest BCUT2D eigenvalue weighted by molar-refractivity contribution is 6.30. The number of rotatable bonds is 2. The molecule has 1 aromatic carbocycles. The number of halogens is 1. The Morgan fingerprint density at radius 3 is 2.80 bits per heavy atom. The summed E-state index contributed by atoms with van der Waals surface area (Å²) in [6.07, 6.45) is 0. The molecule has 20 heavy (non-hydrogen) atoms. The van der Waals surface area contributed by atoms with Crippen LogP contribution < -0.4 is 5.73 Å². The Morgan fingerprint density at radius 1 is 1.35 bits per heavy atom. The van der Waals surface area contributed by atoms with Gasteiger partial charge in [0.05, 0.1) is 11.7 Å². The molecule has 0 amide bonds. The fourth-order valence-electron chi connectivity index (χ4n) is 2.61. The van der Waals surface area contributed by atoms with E-state index in [0.29, 0.717) is 11.0 Å². The zero-order valence-corrected chi connectivity index (χ0v) is 12.4. The third-order valence-corrected chi connectivity index (χ3v) is 3.82. The van der Waals surface area contributed by atoms with Crippen LogP contribution in [0.4, 0.5) is 5.95 Å². The van der Waals surface area contributed by atoms with Crippen molar-refractivity contribution in [2.45, 2.75) is 19.9 Å². The lowest BCUT2D eigenvalue weighted by atomic mass is 10.1. The van der Waals surface area contributed by atoms with Gasteiger partial charge < -0.3 is 5.73 Å². The predicted molar refractivity (Wildman–Crippen MR) is 80.9 cm³/mol. The number of aromatic nitrogens is 4. The lowest BCUT2D eigenvalue weighted by Gasteiger charge is -2.16. The van der Waals surface area contributed by atoms with Crippen molar-refractivity contribution in [3.8, 4) is 0 Å². The van der Waals surface area contributed by atoms with Crippen LogP contribution >= 0.6 is 11.6 Å². The summed E-state index contributed by atoms with van der Waals surface area (Å²) in [6.45, 7) is 4.01. The number of hydrogen-bond donors (Lipinski definition) is 1. The Bertz CT molecular complexity index is 786. The van der Waals surface area contributed by atoms with Gasteiger partial charge in [0.25, 0.3) is 0 Å². The average molecular weight is 290 g/mol. The summed E-state index contributed by atoms with van der Waals surface area (Å²) in [5.74, 6) is 0.489. The predicted octanol–water partition coefficient (Wildman–Crippen LogP) is 2.92. The number of hydrogen-bond acceptors (Lipinski definition) is 3. The summed E-state index contributed by atoms with van der Waals surface area (Å²) in [5.41, 5.74) is 9.83. The second-order valence-corrected chi connectivity index (χ2v) is 5.39. The van der Waals surface area contributed by atoms with E-state index in [1.807, 2.05) is 47.5 Å². The van der Waals surface area contributed by atoms with Gasteiger partial charge in [0, 0.05) is 12.1 Å². The first-order chi connectivity index (χ1) is 9.49. The number of imidazole rings is 1. The van der Waals surface area contributed by atoms with Crippen LogP contribution in [0, 0.1) is 6.92 Å². The molecule has 0 saturated heterocycles. The van der Waals surface area contributed by atoms with Gasteiger partial charge in [0.15, 0.2) is 5.65 Å². The average Bonchev–Trinajstić information content (AvgIpc) is 2.87. The molecule has 0 aliphatic rings. The van der Waals surface area contributed by atoms with Crippen LogP contribution in [0.25, 0.3) is 11.2 Å². The van der Waals surface area contributed by atoms with Crippen LogP contribution in [-0.4, -0.2) is 19.3 Å². The molecule has 5 nitrogen and oxygen atoms in total. The first-order valence-electron chi connectivity index (χ1n) is 6.41. The van der Waals surface area contributed by atoms with E-state index in [9.17, 15) is 0 Å². The molecule has 0 bridgehead atoms. The molecule has 1 unspecified atom stereocenters.